The summed E-state index contributed by atoms with van der Waals surface area (Å²) < 4.78 is 17.4. The summed E-state index contributed by atoms with van der Waals surface area (Å²) in [6, 6.07) is 0. The van der Waals surface area contributed by atoms with E-state index in [1.165, 1.54) is 6.92 Å². The van der Waals surface area contributed by atoms with Gasteiger partial charge in [-0.2, -0.15) is 0 Å². The Labute approximate surface area is 85.0 Å². The van der Waals surface area contributed by atoms with E-state index < -0.39 is 17.9 Å². The minimum absolute atomic E-state index is 0.441. The van der Waals surface area contributed by atoms with Gasteiger partial charge in [-0.25, -0.2) is 9.18 Å². The second-order valence-corrected chi connectivity index (χ2v) is 4.35. The van der Waals surface area contributed by atoms with Crippen molar-refractivity contribution in [2.45, 2.75) is 52.3 Å². The standard InChI is InChI=1S/C10H20FNO2/c1-8(11)6-5-7-12-9(13)14-10(2,3)4/h8H,5-7H2,1-4H3,(H,12,13). The largest absolute Gasteiger partial charge is 0.444 e. The van der Waals surface area contributed by atoms with Crippen LogP contribution in [-0.4, -0.2) is 24.4 Å². The highest BCUT2D eigenvalue weighted by molar-refractivity contribution is 5.67. The van der Waals surface area contributed by atoms with Crippen molar-refractivity contribution in [2.24, 2.45) is 0 Å². The first-order valence-electron chi connectivity index (χ1n) is 4.92. The number of alkyl halides is 1. The zero-order valence-corrected chi connectivity index (χ0v) is 9.39. The lowest BCUT2D eigenvalue weighted by molar-refractivity contribution is 0.0526. The molecular weight excluding hydrogens is 185 g/mol. The van der Waals surface area contributed by atoms with Crippen molar-refractivity contribution < 1.29 is 13.9 Å². The van der Waals surface area contributed by atoms with Crippen LogP contribution in [0.1, 0.15) is 40.5 Å². The lowest BCUT2D eigenvalue weighted by atomic mass is 10.2. The van der Waals surface area contributed by atoms with Crippen molar-refractivity contribution in [1.29, 1.82) is 0 Å². The molecule has 4 heteroatoms. The van der Waals surface area contributed by atoms with Crippen molar-refractivity contribution in [2.75, 3.05) is 6.54 Å². The Morgan fingerprint density at radius 3 is 2.50 bits per heavy atom. The fourth-order valence-electron chi connectivity index (χ4n) is 0.888. The van der Waals surface area contributed by atoms with Gasteiger partial charge in [0.25, 0.3) is 0 Å². The molecule has 0 aromatic rings. The van der Waals surface area contributed by atoms with E-state index in [1.807, 2.05) is 0 Å². The maximum absolute atomic E-state index is 12.4. The monoisotopic (exact) mass is 205 g/mol. The smallest absolute Gasteiger partial charge is 0.407 e. The highest BCUT2D eigenvalue weighted by atomic mass is 19.1. The summed E-state index contributed by atoms with van der Waals surface area (Å²) in [5.41, 5.74) is -0.475. The third-order valence-electron chi connectivity index (χ3n) is 1.45. The van der Waals surface area contributed by atoms with E-state index in [-0.39, 0.29) is 0 Å². The average Bonchev–Trinajstić information content (AvgIpc) is 1.94. The summed E-state index contributed by atoms with van der Waals surface area (Å²) in [5.74, 6) is 0. The van der Waals surface area contributed by atoms with Gasteiger partial charge in [-0.05, 0) is 40.5 Å². The summed E-state index contributed by atoms with van der Waals surface area (Å²) in [6.45, 7) is 7.37. The molecule has 0 spiro atoms. The quantitative estimate of drug-likeness (QED) is 0.716. The van der Waals surface area contributed by atoms with Gasteiger partial charge in [0.05, 0.1) is 6.17 Å². The molecule has 3 nitrogen and oxygen atoms in total. The lowest BCUT2D eigenvalue weighted by Gasteiger charge is -2.19. The number of ether oxygens (including phenoxy) is 1. The van der Waals surface area contributed by atoms with Crippen molar-refractivity contribution in [3.63, 3.8) is 0 Å². The predicted octanol–water partition coefficient (Wildman–Crippen LogP) is 2.65. The molecule has 0 heterocycles. The average molecular weight is 205 g/mol. The van der Waals surface area contributed by atoms with Crippen LogP contribution in [0.3, 0.4) is 0 Å². The summed E-state index contributed by atoms with van der Waals surface area (Å²) in [6.07, 6.45) is -0.147. The molecule has 0 aliphatic heterocycles. The molecule has 14 heavy (non-hydrogen) atoms. The summed E-state index contributed by atoms with van der Waals surface area (Å²) >= 11 is 0. The molecule has 0 rings (SSSR count). The van der Waals surface area contributed by atoms with E-state index in [1.54, 1.807) is 20.8 Å². The molecule has 0 saturated heterocycles. The Hall–Kier alpha value is -0.800. The maximum Gasteiger partial charge on any atom is 0.407 e. The van der Waals surface area contributed by atoms with Crippen LogP contribution in [0.15, 0.2) is 0 Å². The minimum Gasteiger partial charge on any atom is -0.444 e. The number of hydrogen-bond acceptors (Lipinski definition) is 2. The van der Waals surface area contributed by atoms with Crippen LogP contribution < -0.4 is 5.32 Å². The second-order valence-electron chi connectivity index (χ2n) is 4.35. The Morgan fingerprint density at radius 2 is 2.07 bits per heavy atom. The Bertz CT molecular complexity index is 175. The van der Waals surface area contributed by atoms with E-state index in [0.29, 0.717) is 19.4 Å². The van der Waals surface area contributed by atoms with Gasteiger partial charge >= 0.3 is 6.09 Å². The highest BCUT2D eigenvalue weighted by Gasteiger charge is 2.15. The topological polar surface area (TPSA) is 38.3 Å². The zero-order valence-electron chi connectivity index (χ0n) is 9.39. The minimum atomic E-state index is -0.810. The van der Waals surface area contributed by atoms with E-state index in [4.69, 9.17) is 4.74 Å². The predicted molar refractivity (Wildman–Crippen MR) is 54.0 cm³/mol. The first kappa shape index (κ1) is 13.2. The van der Waals surface area contributed by atoms with Crippen LogP contribution >= 0.6 is 0 Å². The number of rotatable bonds is 4. The van der Waals surface area contributed by atoms with Crippen LogP contribution in [0, 0.1) is 0 Å². The molecule has 1 unspecified atom stereocenters. The highest BCUT2D eigenvalue weighted by Crippen LogP contribution is 2.06. The Morgan fingerprint density at radius 1 is 1.50 bits per heavy atom. The molecule has 84 valence electrons. The van der Waals surface area contributed by atoms with Gasteiger partial charge in [0.15, 0.2) is 0 Å². The normalized spacial score (nSPS) is 13.5. The number of carbonyl (C=O) groups excluding carboxylic acids is 1. The summed E-state index contributed by atoms with van der Waals surface area (Å²) in [5, 5.41) is 2.57. The van der Waals surface area contributed by atoms with Crippen LogP contribution in [0.4, 0.5) is 9.18 Å². The fourth-order valence-corrected chi connectivity index (χ4v) is 0.888. The SMILES string of the molecule is CC(F)CCCNC(=O)OC(C)(C)C. The van der Waals surface area contributed by atoms with Gasteiger partial charge in [-0.3, -0.25) is 0 Å². The molecule has 0 aliphatic rings. The molecule has 1 amide bonds. The van der Waals surface area contributed by atoms with E-state index in [0.717, 1.165) is 0 Å². The van der Waals surface area contributed by atoms with Crippen LogP contribution in [0.25, 0.3) is 0 Å². The lowest BCUT2D eigenvalue weighted by Crippen LogP contribution is -2.33. The van der Waals surface area contributed by atoms with Crippen molar-refractivity contribution in [3.8, 4) is 0 Å². The van der Waals surface area contributed by atoms with Gasteiger partial charge < -0.3 is 10.1 Å². The second kappa shape index (κ2) is 5.83. The first-order chi connectivity index (χ1) is 6.31. The molecule has 1 atom stereocenters. The van der Waals surface area contributed by atoms with Crippen LogP contribution in [0.5, 0.6) is 0 Å². The van der Waals surface area contributed by atoms with E-state index in [9.17, 15) is 9.18 Å². The van der Waals surface area contributed by atoms with E-state index in [2.05, 4.69) is 5.32 Å². The molecule has 0 fully saturated rings. The number of nitrogens with one attached hydrogen (secondary N) is 1. The molecule has 1 N–H and O–H groups in total. The summed E-state index contributed by atoms with van der Waals surface area (Å²) in [7, 11) is 0. The molecule has 0 radical (unpaired) electrons. The third-order valence-corrected chi connectivity index (χ3v) is 1.45. The maximum atomic E-state index is 12.4. The first-order valence-corrected chi connectivity index (χ1v) is 4.92. The van der Waals surface area contributed by atoms with Crippen LogP contribution in [-0.2, 0) is 4.74 Å². The fraction of sp³-hybridized carbons (Fsp3) is 0.900. The van der Waals surface area contributed by atoms with Crippen molar-refractivity contribution in [3.05, 3.63) is 0 Å². The number of carbonyl (C=O) groups is 1. The number of alkyl carbamates (subject to hydrolysis) is 1. The number of amides is 1. The van der Waals surface area contributed by atoms with Gasteiger partial charge in [-0.1, -0.05) is 0 Å². The molecule has 0 aromatic heterocycles. The van der Waals surface area contributed by atoms with Crippen LogP contribution in [0.2, 0.25) is 0 Å². The van der Waals surface area contributed by atoms with E-state index >= 15 is 0 Å². The summed E-state index contributed by atoms with van der Waals surface area (Å²) in [4.78, 5) is 11.1. The zero-order chi connectivity index (χ0) is 11.2. The van der Waals surface area contributed by atoms with Crippen molar-refractivity contribution in [1.82, 2.24) is 5.32 Å². The molecule has 0 aromatic carbocycles. The van der Waals surface area contributed by atoms with Gasteiger partial charge in [0, 0.05) is 6.54 Å². The molecule has 0 aliphatic carbocycles. The number of halogens is 1. The molecule has 0 saturated carbocycles. The van der Waals surface area contributed by atoms with Crippen molar-refractivity contribution >= 4 is 6.09 Å². The van der Waals surface area contributed by atoms with Gasteiger partial charge in [0.2, 0.25) is 0 Å². The Kier molecular flexibility index (Phi) is 5.50. The molecular formula is C10H20FNO2. The number of hydrogen-bond donors (Lipinski definition) is 1. The van der Waals surface area contributed by atoms with Gasteiger partial charge in [0.1, 0.15) is 5.60 Å². The Balaban J connectivity index is 3.46. The third kappa shape index (κ3) is 9.29. The van der Waals surface area contributed by atoms with Gasteiger partial charge in [-0.15, -0.1) is 0 Å². The molecule has 0 bridgehead atoms.